The summed E-state index contributed by atoms with van der Waals surface area (Å²) in [5.41, 5.74) is 6.87. The number of hydrogen-bond acceptors (Lipinski definition) is 6. The van der Waals surface area contributed by atoms with E-state index >= 15 is 0 Å². The lowest BCUT2D eigenvalue weighted by atomic mass is 9.70. The minimum absolute atomic E-state index is 0.0423. The SMILES string of the molecule is COCCCOc1cc(C(=O)N(C[C@@H]2CNC[C@H]2C(Cc2cccc(Cl)c2)(NC(N)=O)C2CC2)C(C)C)ccc1OC. The maximum absolute atomic E-state index is 14.0. The summed E-state index contributed by atoms with van der Waals surface area (Å²) in [7, 11) is 3.24. The summed E-state index contributed by atoms with van der Waals surface area (Å²) in [4.78, 5) is 28.4. The summed E-state index contributed by atoms with van der Waals surface area (Å²) in [6.07, 6.45) is 3.40. The zero-order valence-corrected chi connectivity index (χ0v) is 25.9. The standard InChI is InChI=1S/C32H45ClN4O5/c1-21(2)37(30(38)23-9-12-28(41-4)29(16-23)42-14-6-13-40-3)20-24-18-35-19-27(24)32(25-10-11-25,36-31(34)39)17-22-7-5-8-26(33)15-22/h5,7-9,12,15-16,21,24-25,27,35H,6,10-11,13-14,17-20H2,1-4H3,(H3,34,36,39)/t24-,27+,32?/m0/s1. The summed E-state index contributed by atoms with van der Waals surface area (Å²) < 4.78 is 16.5. The van der Waals surface area contributed by atoms with Crippen LogP contribution in [0.5, 0.6) is 11.5 Å². The number of benzene rings is 2. The van der Waals surface area contributed by atoms with Gasteiger partial charge in [-0.05, 0) is 80.8 Å². The van der Waals surface area contributed by atoms with E-state index in [4.69, 9.17) is 31.5 Å². The van der Waals surface area contributed by atoms with Gasteiger partial charge in [-0.15, -0.1) is 0 Å². The van der Waals surface area contributed by atoms with E-state index < -0.39 is 11.6 Å². The van der Waals surface area contributed by atoms with Gasteiger partial charge in [0.2, 0.25) is 0 Å². The summed E-state index contributed by atoms with van der Waals surface area (Å²) in [6, 6.07) is 12.5. The highest BCUT2D eigenvalue weighted by Crippen LogP contribution is 2.49. The van der Waals surface area contributed by atoms with Gasteiger partial charge in [0.05, 0.1) is 19.3 Å². The smallest absolute Gasteiger partial charge is 0.312 e. The number of rotatable bonds is 15. The molecule has 2 aromatic rings. The molecule has 0 bridgehead atoms. The third kappa shape index (κ3) is 7.68. The van der Waals surface area contributed by atoms with E-state index in [0.29, 0.717) is 54.2 Å². The fourth-order valence-electron chi connectivity index (χ4n) is 6.41. The molecular weight excluding hydrogens is 556 g/mol. The molecule has 2 fully saturated rings. The molecular formula is C32H45ClN4O5. The van der Waals surface area contributed by atoms with Gasteiger partial charge in [-0.25, -0.2) is 4.79 Å². The van der Waals surface area contributed by atoms with Gasteiger partial charge >= 0.3 is 6.03 Å². The zero-order chi connectivity index (χ0) is 30.3. The molecule has 3 atom stereocenters. The van der Waals surface area contributed by atoms with E-state index in [0.717, 1.165) is 37.9 Å². The Morgan fingerprint density at radius 3 is 2.55 bits per heavy atom. The van der Waals surface area contributed by atoms with Gasteiger partial charge < -0.3 is 35.5 Å². The van der Waals surface area contributed by atoms with E-state index in [-0.39, 0.29) is 23.8 Å². The Bertz CT molecular complexity index is 1220. The van der Waals surface area contributed by atoms with Crippen molar-refractivity contribution in [3.63, 3.8) is 0 Å². The first kappa shape index (κ1) is 31.9. The van der Waals surface area contributed by atoms with Crippen LogP contribution in [0.25, 0.3) is 0 Å². The number of halogens is 1. The third-order valence-electron chi connectivity index (χ3n) is 8.53. The van der Waals surface area contributed by atoms with Crippen LogP contribution >= 0.6 is 11.6 Å². The van der Waals surface area contributed by atoms with E-state index in [1.54, 1.807) is 32.4 Å². The lowest BCUT2D eigenvalue weighted by molar-refractivity contribution is 0.0614. The molecule has 9 nitrogen and oxygen atoms in total. The van der Waals surface area contributed by atoms with Crippen LogP contribution in [0, 0.1) is 17.8 Å². The summed E-state index contributed by atoms with van der Waals surface area (Å²) in [5.74, 6) is 1.51. The van der Waals surface area contributed by atoms with E-state index in [1.807, 2.05) is 43.0 Å². The lowest BCUT2D eigenvalue weighted by Crippen LogP contribution is -2.61. The maximum atomic E-state index is 14.0. The van der Waals surface area contributed by atoms with E-state index in [9.17, 15) is 9.59 Å². The molecule has 1 saturated carbocycles. The van der Waals surface area contributed by atoms with Crippen LogP contribution in [0.3, 0.4) is 0 Å². The average molecular weight is 601 g/mol. The molecule has 4 rings (SSSR count). The first-order chi connectivity index (χ1) is 20.2. The lowest BCUT2D eigenvalue weighted by Gasteiger charge is -2.44. The number of nitrogens with one attached hydrogen (secondary N) is 2. The van der Waals surface area contributed by atoms with Gasteiger partial charge in [0.25, 0.3) is 5.91 Å². The topological polar surface area (TPSA) is 115 Å². The van der Waals surface area contributed by atoms with Gasteiger partial charge in [0.15, 0.2) is 11.5 Å². The van der Waals surface area contributed by atoms with Gasteiger partial charge in [-0.3, -0.25) is 4.79 Å². The molecule has 42 heavy (non-hydrogen) atoms. The van der Waals surface area contributed by atoms with Gasteiger partial charge in [-0.1, -0.05) is 23.7 Å². The van der Waals surface area contributed by atoms with Crippen LogP contribution in [0.4, 0.5) is 4.79 Å². The highest BCUT2D eigenvalue weighted by Gasteiger charge is 2.54. The average Bonchev–Trinajstić information content (AvgIpc) is 3.71. The minimum Gasteiger partial charge on any atom is -0.493 e. The molecule has 1 aliphatic carbocycles. The van der Waals surface area contributed by atoms with Crippen LogP contribution in [-0.4, -0.2) is 75.5 Å². The maximum Gasteiger partial charge on any atom is 0.312 e. The number of nitrogens with two attached hydrogens (primary N) is 1. The summed E-state index contributed by atoms with van der Waals surface area (Å²) in [5, 5.41) is 7.44. The van der Waals surface area contributed by atoms with Crippen molar-refractivity contribution >= 4 is 23.5 Å². The molecule has 2 aromatic carbocycles. The number of primary amides is 1. The molecule has 4 N–H and O–H groups in total. The molecule has 10 heteroatoms. The second-order valence-electron chi connectivity index (χ2n) is 11.7. The largest absolute Gasteiger partial charge is 0.493 e. The molecule has 1 heterocycles. The molecule has 0 spiro atoms. The quantitative estimate of drug-likeness (QED) is 0.259. The highest BCUT2D eigenvalue weighted by atomic mass is 35.5. The van der Waals surface area contributed by atoms with Crippen molar-refractivity contribution < 1.29 is 23.8 Å². The predicted molar refractivity (Wildman–Crippen MR) is 164 cm³/mol. The fraction of sp³-hybridized carbons (Fsp3) is 0.562. The van der Waals surface area contributed by atoms with Crippen LogP contribution in [0.1, 0.15) is 49.0 Å². The number of carbonyl (C=O) groups excluding carboxylic acids is 2. The highest BCUT2D eigenvalue weighted by molar-refractivity contribution is 6.30. The van der Waals surface area contributed by atoms with Crippen LogP contribution in [0.2, 0.25) is 5.02 Å². The van der Waals surface area contributed by atoms with E-state index in [1.165, 1.54) is 0 Å². The number of amides is 3. The van der Waals surface area contributed by atoms with Crippen LogP contribution in [0.15, 0.2) is 42.5 Å². The molecule has 1 saturated heterocycles. The van der Waals surface area contributed by atoms with Crippen molar-refractivity contribution in [2.24, 2.45) is 23.5 Å². The predicted octanol–water partition coefficient (Wildman–Crippen LogP) is 4.51. The second kappa shape index (κ2) is 14.4. The molecule has 0 aromatic heterocycles. The number of hydrogen-bond donors (Lipinski definition) is 3. The number of methoxy groups -OCH3 is 2. The third-order valence-corrected chi connectivity index (χ3v) is 8.76. The number of ether oxygens (including phenoxy) is 3. The Morgan fingerprint density at radius 1 is 1.12 bits per heavy atom. The molecule has 230 valence electrons. The molecule has 2 aliphatic rings. The first-order valence-corrected chi connectivity index (χ1v) is 15.2. The fourth-order valence-corrected chi connectivity index (χ4v) is 6.62. The summed E-state index contributed by atoms with van der Waals surface area (Å²) in [6.45, 7) is 7.10. The molecule has 1 aliphatic heterocycles. The first-order valence-electron chi connectivity index (χ1n) is 14.8. The Hall–Kier alpha value is -3.01. The van der Waals surface area contributed by atoms with Crippen molar-refractivity contribution in [3.8, 4) is 11.5 Å². The molecule has 0 radical (unpaired) electrons. The van der Waals surface area contributed by atoms with Crippen LogP contribution in [-0.2, 0) is 11.2 Å². The summed E-state index contributed by atoms with van der Waals surface area (Å²) >= 11 is 6.34. The van der Waals surface area contributed by atoms with Gasteiger partial charge in [0, 0.05) is 62.3 Å². The zero-order valence-electron chi connectivity index (χ0n) is 25.2. The molecule has 3 amide bonds. The van der Waals surface area contributed by atoms with Crippen molar-refractivity contribution in [3.05, 3.63) is 58.6 Å². The van der Waals surface area contributed by atoms with E-state index in [2.05, 4.69) is 10.6 Å². The second-order valence-corrected chi connectivity index (χ2v) is 12.2. The Labute approximate surface area is 254 Å². The Kier molecular flexibility index (Phi) is 11.0. The van der Waals surface area contributed by atoms with Gasteiger partial charge in [0.1, 0.15) is 0 Å². The number of urea groups is 1. The number of nitrogens with zero attached hydrogens (tertiary/aromatic N) is 1. The van der Waals surface area contributed by atoms with Crippen molar-refractivity contribution in [1.82, 2.24) is 15.5 Å². The van der Waals surface area contributed by atoms with Crippen molar-refractivity contribution in [1.29, 1.82) is 0 Å². The Morgan fingerprint density at radius 2 is 1.90 bits per heavy atom. The normalized spacial score (nSPS) is 19.8. The van der Waals surface area contributed by atoms with Crippen LogP contribution < -0.4 is 25.8 Å². The Balaban J connectivity index is 1.59. The van der Waals surface area contributed by atoms with Crippen molar-refractivity contribution in [2.45, 2.75) is 51.1 Å². The molecule has 1 unspecified atom stereocenters. The van der Waals surface area contributed by atoms with Crippen molar-refractivity contribution in [2.75, 3.05) is 47.1 Å². The minimum atomic E-state index is -0.542. The van der Waals surface area contributed by atoms with Gasteiger partial charge in [-0.2, -0.15) is 0 Å². The number of carbonyl (C=O) groups is 2. The monoisotopic (exact) mass is 600 g/mol.